The van der Waals surface area contributed by atoms with Crippen LogP contribution in [0.1, 0.15) is 5.56 Å². The number of fused-ring (bicyclic) bond motifs is 1. The lowest BCUT2D eigenvalue weighted by Gasteiger charge is -2.10. The number of aliphatic imine (C=N–C) groups is 1. The van der Waals surface area contributed by atoms with Crippen LogP contribution in [0.4, 0.5) is 14.6 Å². The summed E-state index contributed by atoms with van der Waals surface area (Å²) in [5.74, 6) is 0.354. The number of benzene rings is 2. The smallest absolute Gasteiger partial charge is 0.163 e. The summed E-state index contributed by atoms with van der Waals surface area (Å²) in [7, 11) is 3.25. The molecule has 0 saturated heterocycles. The van der Waals surface area contributed by atoms with Gasteiger partial charge in [0.25, 0.3) is 0 Å². The van der Waals surface area contributed by atoms with E-state index in [0.717, 1.165) is 22.5 Å². The molecule has 0 fully saturated rings. The van der Waals surface area contributed by atoms with Crippen LogP contribution >= 0.6 is 11.8 Å². The van der Waals surface area contributed by atoms with Gasteiger partial charge in [0.1, 0.15) is 17.5 Å². The Balaban J connectivity index is 0.00000103. The van der Waals surface area contributed by atoms with Crippen molar-refractivity contribution in [2.45, 2.75) is 0 Å². The van der Waals surface area contributed by atoms with Crippen LogP contribution < -0.4 is 5.32 Å². The second-order valence-corrected chi connectivity index (χ2v) is 7.69. The van der Waals surface area contributed by atoms with Crippen molar-refractivity contribution in [1.29, 1.82) is 0 Å². The first-order valence-electron chi connectivity index (χ1n) is 10.1. The van der Waals surface area contributed by atoms with E-state index >= 15 is 0 Å². The topological polar surface area (TPSA) is 72.3 Å². The van der Waals surface area contributed by atoms with Crippen molar-refractivity contribution < 1.29 is 13.5 Å². The molecule has 0 radical (unpaired) electrons. The number of rotatable bonds is 7. The minimum Gasteiger partial charge on any atom is -0.388 e. The molecule has 174 valence electrons. The number of methoxy groups -OCH3 is 1. The van der Waals surface area contributed by atoms with Crippen LogP contribution in [0.15, 0.2) is 77.4 Å². The van der Waals surface area contributed by atoms with Gasteiger partial charge in [-0.25, -0.2) is 18.7 Å². The molecule has 1 N–H and O–H groups in total. The lowest BCUT2D eigenvalue weighted by Crippen LogP contribution is -2.03. The molecule has 4 rings (SSSR count). The van der Waals surface area contributed by atoms with E-state index in [1.165, 1.54) is 23.9 Å². The number of ether oxygens (including phenoxy) is 1. The molecule has 34 heavy (non-hydrogen) atoms. The van der Waals surface area contributed by atoms with Crippen LogP contribution in [0.5, 0.6) is 0 Å². The number of anilines is 1. The summed E-state index contributed by atoms with van der Waals surface area (Å²) in [4.78, 5) is 17.3. The zero-order valence-corrected chi connectivity index (χ0v) is 19.5. The number of aromatic nitrogens is 3. The summed E-state index contributed by atoms with van der Waals surface area (Å²) in [5, 5.41) is 5.83. The molecule has 0 aliphatic rings. The van der Waals surface area contributed by atoms with Gasteiger partial charge in [-0.3, -0.25) is 9.98 Å². The SMILES string of the molecule is C=N/C(=C\SCNc1nc(-c2cccnc2)nc2ccccc12)c1ccc(F)cc1F.COC. The van der Waals surface area contributed by atoms with E-state index in [0.29, 0.717) is 23.2 Å². The maximum absolute atomic E-state index is 14.0. The van der Waals surface area contributed by atoms with Crippen LogP contribution in [-0.2, 0) is 4.74 Å². The highest BCUT2D eigenvalue weighted by molar-refractivity contribution is 8.02. The Morgan fingerprint density at radius 1 is 1.12 bits per heavy atom. The van der Waals surface area contributed by atoms with Gasteiger partial charge in [0, 0.05) is 49.2 Å². The van der Waals surface area contributed by atoms with Gasteiger partial charge in [-0.05, 0) is 48.5 Å². The van der Waals surface area contributed by atoms with E-state index in [-0.39, 0.29) is 5.56 Å². The van der Waals surface area contributed by atoms with Crippen molar-refractivity contribution in [3.8, 4) is 11.4 Å². The number of nitrogens with zero attached hydrogens (tertiary/aromatic N) is 4. The molecule has 6 nitrogen and oxygen atoms in total. The van der Waals surface area contributed by atoms with Crippen LogP contribution in [0.3, 0.4) is 0 Å². The standard InChI is InChI=1S/C23H17F2N5S.C2H6O/c1-26-21(17-9-8-16(24)11-19(17)25)13-31-14-28-23-18-6-2-3-7-20(18)29-22(30-23)15-5-4-10-27-12-15;1-3-2/h2-13H,1,14H2,(H,28,29,30);1-2H3/b21-13-;. The summed E-state index contributed by atoms with van der Waals surface area (Å²) in [6.07, 6.45) is 3.41. The highest BCUT2D eigenvalue weighted by Crippen LogP contribution is 2.26. The van der Waals surface area contributed by atoms with Gasteiger partial charge in [-0.1, -0.05) is 12.1 Å². The maximum atomic E-state index is 14.0. The summed E-state index contributed by atoms with van der Waals surface area (Å²) >= 11 is 1.36. The van der Waals surface area contributed by atoms with E-state index in [9.17, 15) is 8.78 Å². The predicted octanol–water partition coefficient (Wildman–Crippen LogP) is 6.03. The van der Waals surface area contributed by atoms with Gasteiger partial charge in [0.2, 0.25) is 0 Å². The van der Waals surface area contributed by atoms with Crippen LogP contribution in [0.25, 0.3) is 28.0 Å². The molecule has 0 unspecified atom stereocenters. The molecule has 0 atom stereocenters. The fraction of sp³-hybridized carbons (Fsp3) is 0.120. The van der Waals surface area contributed by atoms with E-state index < -0.39 is 11.6 Å². The predicted molar refractivity (Wildman–Crippen MR) is 136 cm³/mol. The van der Waals surface area contributed by atoms with Gasteiger partial charge in [0.05, 0.1) is 17.1 Å². The lowest BCUT2D eigenvalue weighted by atomic mass is 10.1. The first-order valence-corrected chi connectivity index (χ1v) is 11.2. The summed E-state index contributed by atoms with van der Waals surface area (Å²) in [6, 6.07) is 14.8. The Morgan fingerprint density at radius 3 is 2.62 bits per heavy atom. The Morgan fingerprint density at radius 2 is 1.91 bits per heavy atom. The van der Waals surface area contributed by atoms with Crippen molar-refractivity contribution in [3.05, 3.63) is 89.6 Å². The molecule has 9 heteroatoms. The maximum Gasteiger partial charge on any atom is 0.163 e. The third kappa shape index (κ3) is 6.43. The van der Waals surface area contributed by atoms with E-state index in [1.807, 2.05) is 36.4 Å². The van der Waals surface area contributed by atoms with Crippen molar-refractivity contribution in [2.24, 2.45) is 4.99 Å². The molecule has 4 aromatic rings. The first-order chi connectivity index (χ1) is 16.6. The van der Waals surface area contributed by atoms with Gasteiger partial charge < -0.3 is 10.1 Å². The zero-order valence-electron chi connectivity index (χ0n) is 18.7. The summed E-state index contributed by atoms with van der Waals surface area (Å²) < 4.78 is 31.4. The summed E-state index contributed by atoms with van der Waals surface area (Å²) in [6.45, 7) is 3.48. The second-order valence-electron chi connectivity index (χ2n) is 6.84. The van der Waals surface area contributed by atoms with Crippen LogP contribution in [-0.4, -0.2) is 41.8 Å². The van der Waals surface area contributed by atoms with E-state index in [2.05, 4.69) is 36.7 Å². The highest BCUT2D eigenvalue weighted by Gasteiger charge is 2.10. The number of hydrogen-bond donors (Lipinski definition) is 1. The number of halogens is 2. The number of para-hydroxylation sites is 1. The number of hydrogen-bond acceptors (Lipinski definition) is 7. The van der Waals surface area contributed by atoms with Crippen molar-refractivity contribution >= 4 is 40.9 Å². The van der Waals surface area contributed by atoms with Crippen molar-refractivity contribution in [2.75, 3.05) is 25.4 Å². The number of nitrogens with one attached hydrogen (secondary N) is 1. The molecule has 0 aliphatic carbocycles. The second kappa shape index (κ2) is 12.5. The van der Waals surface area contributed by atoms with Gasteiger partial charge in [-0.2, -0.15) is 0 Å². The Hall–Kier alpha value is -3.69. The average molecular weight is 480 g/mol. The van der Waals surface area contributed by atoms with Gasteiger partial charge in [0.15, 0.2) is 5.82 Å². The fourth-order valence-corrected chi connectivity index (χ4v) is 3.61. The Bertz CT molecular complexity index is 1290. The summed E-state index contributed by atoms with van der Waals surface area (Å²) in [5.41, 5.74) is 2.14. The molecule has 2 aromatic heterocycles. The molecular formula is C25H23F2N5OS. The van der Waals surface area contributed by atoms with Crippen LogP contribution in [0, 0.1) is 11.6 Å². The fourth-order valence-electron chi connectivity index (χ4n) is 2.95. The van der Waals surface area contributed by atoms with Gasteiger partial charge >= 0.3 is 0 Å². The average Bonchev–Trinajstić information content (AvgIpc) is 2.85. The van der Waals surface area contributed by atoms with Crippen LogP contribution in [0.2, 0.25) is 0 Å². The highest BCUT2D eigenvalue weighted by atomic mass is 32.2. The molecule has 0 aliphatic heterocycles. The van der Waals surface area contributed by atoms with Crippen molar-refractivity contribution in [3.63, 3.8) is 0 Å². The molecule has 0 saturated carbocycles. The molecular weight excluding hydrogens is 456 g/mol. The quantitative estimate of drug-likeness (QED) is 0.198. The van der Waals surface area contributed by atoms with Gasteiger partial charge in [-0.15, -0.1) is 11.8 Å². The molecule has 2 heterocycles. The Labute approximate surface area is 200 Å². The molecule has 0 spiro atoms. The third-order valence-corrected chi connectivity index (χ3v) is 5.12. The number of thioether (sulfide) groups is 1. The first kappa shape index (κ1) is 24.9. The largest absolute Gasteiger partial charge is 0.388 e. The monoisotopic (exact) mass is 479 g/mol. The third-order valence-electron chi connectivity index (χ3n) is 4.42. The Kier molecular flexibility index (Phi) is 9.19. The lowest BCUT2D eigenvalue weighted by molar-refractivity contribution is 0.277. The number of pyridine rings is 1. The minimum absolute atomic E-state index is 0.190. The molecule has 0 amide bonds. The zero-order chi connectivity index (χ0) is 24.3. The van der Waals surface area contributed by atoms with E-state index in [1.54, 1.807) is 32.0 Å². The molecule has 2 aromatic carbocycles. The molecule has 0 bridgehead atoms. The minimum atomic E-state index is -0.685. The normalized spacial score (nSPS) is 11.0. The van der Waals surface area contributed by atoms with Crippen molar-refractivity contribution in [1.82, 2.24) is 15.0 Å². The van der Waals surface area contributed by atoms with E-state index in [4.69, 9.17) is 0 Å².